The van der Waals surface area contributed by atoms with Crippen molar-refractivity contribution >= 4 is 17.3 Å². The van der Waals surface area contributed by atoms with Crippen molar-refractivity contribution in [3.8, 4) is 0 Å². The van der Waals surface area contributed by atoms with E-state index < -0.39 is 11.6 Å². The van der Waals surface area contributed by atoms with Crippen LogP contribution in [0.2, 0.25) is 0 Å². The molecule has 2 N–H and O–H groups in total. The lowest BCUT2D eigenvalue weighted by atomic mass is 10.2. The van der Waals surface area contributed by atoms with Gasteiger partial charge in [-0.1, -0.05) is 6.07 Å². The third-order valence-corrected chi connectivity index (χ3v) is 2.63. The summed E-state index contributed by atoms with van der Waals surface area (Å²) in [7, 11) is 0. The van der Waals surface area contributed by atoms with E-state index in [-0.39, 0.29) is 5.69 Å². The van der Waals surface area contributed by atoms with E-state index in [1.54, 1.807) is 6.92 Å². The highest BCUT2D eigenvalue weighted by atomic mass is 19.2. The first kappa shape index (κ1) is 13.2. The topological polar surface area (TPSA) is 49.8 Å². The summed E-state index contributed by atoms with van der Waals surface area (Å²) in [6.45, 7) is 4.46. The lowest BCUT2D eigenvalue weighted by molar-refractivity contribution is 0.511. The number of halogens is 2. The van der Waals surface area contributed by atoms with Gasteiger partial charge in [-0.3, -0.25) is 0 Å². The largest absolute Gasteiger partial charge is 0.370 e. The van der Waals surface area contributed by atoms with Crippen molar-refractivity contribution in [2.75, 3.05) is 17.2 Å². The molecule has 1 heterocycles. The average Bonchev–Trinajstić information content (AvgIpc) is 2.40. The Morgan fingerprint density at radius 1 is 1.16 bits per heavy atom. The molecule has 0 spiro atoms. The monoisotopic (exact) mass is 264 g/mol. The van der Waals surface area contributed by atoms with Crippen molar-refractivity contribution in [2.45, 2.75) is 13.8 Å². The number of rotatable bonds is 4. The van der Waals surface area contributed by atoms with E-state index >= 15 is 0 Å². The first-order chi connectivity index (χ1) is 9.13. The van der Waals surface area contributed by atoms with E-state index in [9.17, 15) is 8.78 Å². The molecular weight excluding hydrogens is 250 g/mol. The zero-order chi connectivity index (χ0) is 13.8. The second-order valence-electron chi connectivity index (χ2n) is 3.95. The summed E-state index contributed by atoms with van der Waals surface area (Å²) >= 11 is 0. The highest BCUT2D eigenvalue weighted by Crippen LogP contribution is 2.24. The molecule has 2 aromatic rings. The minimum atomic E-state index is -0.925. The average molecular weight is 264 g/mol. The number of anilines is 3. The smallest absolute Gasteiger partial charge is 0.182 e. The molecule has 0 aliphatic rings. The molecule has 0 amide bonds. The van der Waals surface area contributed by atoms with Crippen molar-refractivity contribution in [3.05, 3.63) is 41.7 Å². The molecule has 0 bridgehead atoms. The van der Waals surface area contributed by atoms with Crippen LogP contribution in [0.4, 0.5) is 26.1 Å². The van der Waals surface area contributed by atoms with E-state index in [1.165, 1.54) is 18.5 Å². The Hall–Kier alpha value is -2.24. The molecule has 4 nitrogen and oxygen atoms in total. The second-order valence-corrected chi connectivity index (χ2v) is 3.95. The van der Waals surface area contributed by atoms with Gasteiger partial charge in [-0.05, 0) is 26.0 Å². The van der Waals surface area contributed by atoms with Crippen molar-refractivity contribution in [1.29, 1.82) is 0 Å². The van der Waals surface area contributed by atoms with Crippen molar-refractivity contribution in [1.82, 2.24) is 9.97 Å². The fraction of sp³-hybridized carbons (Fsp3) is 0.231. The lowest BCUT2D eigenvalue weighted by Gasteiger charge is -2.12. The molecule has 0 fully saturated rings. The van der Waals surface area contributed by atoms with E-state index in [2.05, 4.69) is 20.6 Å². The maximum Gasteiger partial charge on any atom is 0.182 e. The predicted octanol–water partition coefficient (Wildman–Crippen LogP) is 3.24. The summed E-state index contributed by atoms with van der Waals surface area (Å²) in [5.41, 5.74) is 0.789. The van der Waals surface area contributed by atoms with Crippen LogP contribution in [0.3, 0.4) is 0 Å². The van der Waals surface area contributed by atoms with E-state index in [1.807, 2.05) is 6.92 Å². The van der Waals surface area contributed by atoms with Gasteiger partial charge in [0, 0.05) is 12.1 Å². The van der Waals surface area contributed by atoms with Crippen molar-refractivity contribution in [2.24, 2.45) is 0 Å². The first-order valence-corrected chi connectivity index (χ1v) is 5.90. The van der Waals surface area contributed by atoms with Crippen LogP contribution in [0.1, 0.15) is 12.5 Å². The van der Waals surface area contributed by atoms with Gasteiger partial charge in [-0.15, -0.1) is 0 Å². The SMILES string of the molecule is CCNc1ncnc(Nc2cccc(F)c2F)c1C. The van der Waals surface area contributed by atoms with E-state index in [0.717, 1.165) is 11.6 Å². The summed E-state index contributed by atoms with van der Waals surface area (Å²) in [4.78, 5) is 8.12. The lowest BCUT2D eigenvalue weighted by Crippen LogP contribution is -2.06. The zero-order valence-corrected chi connectivity index (χ0v) is 10.7. The van der Waals surface area contributed by atoms with E-state index in [0.29, 0.717) is 18.2 Å². The van der Waals surface area contributed by atoms with Crippen LogP contribution < -0.4 is 10.6 Å². The summed E-state index contributed by atoms with van der Waals surface area (Å²) in [6.07, 6.45) is 1.37. The molecule has 1 aromatic carbocycles. The van der Waals surface area contributed by atoms with Gasteiger partial charge in [0.05, 0.1) is 5.69 Å². The Labute approximate surface area is 109 Å². The highest BCUT2D eigenvalue weighted by molar-refractivity contribution is 5.64. The summed E-state index contributed by atoms with van der Waals surface area (Å²) < 4.78 is 26.7. The number of benzene rings is 1. The normalized spacial score (nSPS) is 10.3. The van der Waals surface area contributed by atoms with Crippen LogP contribution in [0.25, 0.3) is 0 Å². The molecule has 0 saturated heterocycles. The first-order valence-electron chi connectivity index (χ1n) is 5.90. The van der Waals surface area contributed by atoms with Crippen LogP contribution in [-0.2, 0) is 0 Å². The van der Waals surface area contributed by atoms with Crippen LogP contribution in [0.15, 0.2) is 24.5 Å². The maximum atomic E-state index is 13.6. The molecule has 0 aliphatic heterocycles. The minimum absolute atomic E-state index is 0.0456. The molecule has 1 aromatic heterocycles. The quantitative estimate of drug-likeness (QED) is 0.890. The number of hydrogen-bond donors (Lipinski definition) is 2. The van der Waals surface area contributed by atoms with Gasteiger partial charge in [-0.25, -0.2) is 18.7 Å². The molecule has 0 unspecified atom stereocenters. The predicted molar refractivity (Wildman–Crippen MR) is 70.6 cm³/mol. The van der Waals surface area contributed by atoms with Gasteiger partial charge in [0.1, 0.15) is 18.0 Å². The third kappa shape index (κ3) is 2.78. The summed E-state index contributed by atoms with van der Waals surface area (Å²) in [5, 5.41) is 5.84. The van der Waals surface area contributed by atoms with Gasteiger partial charge in [0.25, 0.3) is 0 Å². The number of aromatic nitrogens is 2. The summed E-state index contributed by atoms with van der Waals surface area (Å²) in [5.74, 6) is -0.721. The van der Waals surface area contributed by atoms with Crippen molar-refractivity contribution < 1.29 is 8.78 Å². The molecule has 6 heteroatoms. The molecule has 100 valence electrons. The van der Waals surface area contributed by atoms with Gasteiger partial charge >= 0.3 is 0 Å². The number of nitrogens with zero attached hydrogens (tertiary/aromatic N) is 2. The Kier molecular flexibility index (Phi) is 3.89. The standard InChI is InChI=1S/C13H14F2N4/c1-3-16-12-8(2)13(18-7-17-12)19-10-6-4-5-9(14)11(10)15/h4-7H,3H2,1-2H3,(H2,16,17,18,19). The van der Waals surface area contributed by atoms with E-state index in [4.69, 9.17) is 0 Å². The fourth-order valence-electron chi connectivity index (χ4n) is 1.65. The number of hydrogen-bond acceptors (Lipinski definition) is 4. The summed E-state index contributed by atoms with van der Waals surface area (Å²) in [6, 6.07) is 3.95. The Morgan fingerprint density at radius 2 is 1.89 bits per heavy atom. The third-order valence-electron chi connectivity index (χ3n) is 2.63. The zero-order valence-electron chi connectivity index (χ0n) is 10.7. The van der Waals surface area contributed by atoms with Crippen LogP contribution in [0, 0.1) is 18.6 Å². The van der Waals surface area contributed by atoms with Crippen molar-refractivity contribution in [3.63, 3.8) is 0 Å². The van der Waals surface area contributed by atoms with Gasteiger partial charge in [0.15, 0.2) is 11.6 Å². The Bertz CT molecular complexity index is 587. The van der Waals surface area contributed by atoms with Gasteiger partial charge in [-0.2, -0.15) is 0 Å². The molecule has 19 heavy (non-hydrogen) atoms. The molecule has 0 atom stereocenters. The molecule has 0 aliphatic carbocycles. The van der Waals surface area contributed by atoms with Crippen LogP contribution in [0.5, 0.6) is 0 Å². The Morgan fingerprint density at radius 3 is 2.63 bits per heavy atom. The second kappa shape index (κ2) is 5.60. The van der Waals surface area contributed by atoms with Gasteiger partial charge < -0.3 is 10.6 Å². The van der Waals surface area contributed by atoms with Gasteiger partial charge in [0.2, 0.25) is 0 Å². The molecule has 0 radical (unpaired) electrons. The highest BCUT2D eigenvalue weighted by Gasteiger charge is 2.11. The molecule has 2 rings (SSSR count). The van der Waals surface area contributed by atoms with Crippen LogP contribution >= 0.6 is 0 Å². The minimum Gasteiger partial charge on any atom is -0.370 e. The fourth-order valence-corrected chi connectivity index (χ4v) is 1.65. The maximum absolute atomic E-state index is 13.6. The van der Waals surface area contributed by atoms with Crippen LogP contribution in [-0.4, -0.2) is 16.5 Å². The number of nitrogens with one attached hydrogen (secondary N) is 2. The molecule has 0 saturated carbocycles. The Balaban J connectivity index is 2.33. The molecular formula is C13H14F2N4.